The first-order valence-corrected chi connectivity index (χ1v) is 7.46. The smallest absolute Gasteiger partial charge is 0.325 e. The van der Waals surface area contributed by atoms with Crippen molar-refractivity contribution in [3.8, 4) is 5.75 Å². The van der Waals surface area contributed by atoms with Gasteiger partial charge in [0, 0.05) is 17.6 Å². The third-order valence-corrected chi connectivity index (χ3v) is 3.40. The molecule has 8 heteroatoms. The third kappa shape index (κ3) is 4.19. The van der Waals surface area contributed by atoms with E-state index in [1.807, 2.05) is 6.92 Å². The number of methoxy groups -OCH3 is 1. The maximum Gasteiger partial charge on any atom is 0.325 e. The lowest BCUT2D eigenvalue weighted by Gasteiger charge is -2.06. The zero-order valence-corrected chi connectivity index (χ0v) is 13.0. The molecule has 0 bridgehead atoms. The van der Waals surface area contributed by atoms with Crippen molar-refractivity contribution in [2.75, 3.05) is 24.3 Å². The van der Waals surface area contributed by atoms with Gasteiger partial charge < -0.3 is 15.4 Å². The van der Waals surface area contributed by atoms with E-state index < -0.39 is 6.03 Å². The number of carbonyl (C=O) groups is 2. The summed E-state index contributed by atoms with van der Waals surface area (Å²) in [7, 11) is 1.57. The average molecular weight is 320 g/mol. The van der Waals surface area contributed by atoms with E-state index >= 15 is 0 Å². The molecule has 3 N–H and O–H groups in total. The van der Waals surface area contributed by atoms with Crippen LogP contribution < -0.4 is 20.7 Å². The fourth-order valence-electron chi connectivity index (χ4n) is 1.62. The third-order valence-electron chi connectivity index (χ3n) is 2.64. The number of rotatable bonds is 5. The van der Waals surface area contributed by atoms with Crippen LogP contribution in [0.15, 0.2) is 29.6 Å². The number of anilines is 2. The predicted octanol–water partition coefficient (Wildman–Crippen LogP) is 2.55. The number of nitrogens with zero attached hydrogens (tertiary/aromatic N) is 1. The summed E-state index contributed by atoms with van der Waals surface area (Å²) in [5.41, 5.74) is 0.908. The molecule has 1 aromatic heterocycles. The lowest BCUT2D eigenvalue weighted by atomic mass is 10.3. The maximum atomic E-state index is 11.9. The van der Waals surface area contributed by atoms with Gasteiger partial charge in [0.2, 0.25) is 0 Å². The van der Waals surface area contributed by atoms with Crippen molar-refractivity contribution in [2.24, 2.45) is 0 Å². The quantitative estimate of drug-likeness (QED) is 0.789. The summed E-state index contributed by atoms with van der Waals surface area (Å²) in [4.78, 5) is 27.5. The minimum absolute atomic E-state index is 0.262. The van der Waals surface area contributed by atoms with Crippen LogP contribution in [0.3, 0.4) is 0 Å². The van der Waals surface area contributed by atoms with E-state index in [2.05, 4.69) is 20.9 Å². The van der Waals surface area contributed by atoms with Gasteiger partial charge >= 0.3 is 6.03 Å². The number of hydrogen-bond donors (Lipinski definition) is 3. The molecular weight excluding hydrogens is 304 g/mol. The van der Waals surface area contributed by atoms with E-state index in [1.165, 1.54) is 11.3 Å². The van der Waals surface area contributed by atoms with Gasteiger partial charge in [-0.05, 0) is 31.2 Å². The van der Waals surface area contributed by atoms with Crippen molar-refractivity contribution in [1.82, 2.24) is 10.3 Å². The monoisotopic (exact) mass is 320 g/mol. The van der Waals surface area contributed by atoms with Crippen molar-refractivity contribution >= 4 is 34.1 Å². The van der Waals surface area contributed by atoms with E-state index in [9.17, 15) is 9.59 Å². The summed E-state index contributed by atoms with van der Waals surface area (Å²) in [6.07, 6.45) is 0. The standard InChI is InChI=1S/C14H16N4O3S/c1-3-15-12(19)11-8-22-14(17-11)18-13(20)16-9-4-6-10(21-2)7-5-9/h4-8H,3H2,1-2H3,(H,15,19)(H2,16,17,18,20). The van der Waals surface area contributed by atoms with Crippen LogP contribution in [0.4, 0.5) is 15.6 Å². The highest BCUT2D eigenvalue weighted by Gasteiger charge is 2.11. The lowest BCUT2D eigenvalue weighted by molar-refractivity contribution is 0.0951. The van der Waals surface area contributed by atoms with Gasteiger partial charge in [-0.3, -0.25) is 10.1 Å². The van der Waals surface area contributed by atoms with Crippen molar-refractivity contribution < 1.29 is 14.3 Å². The second-order valence-corrected chi connectivity index (χ2v) is 5.06. The number of thiazole rings is 1. The number of amides is 3. The molecule has 0 aliphatic carbocycles. The molecule has 7 nitrogen and oxygen atoms in total. The summed E-state index contributed by atoms with van der Waals surface area (Å²) >= 11 is 1.18. The van der Waals surface area contributed by atoms with E-state index in [0.717, 1.165) is 0 Å². The Kier molecular flexibility index (Phi) is 5.31. The minimum atomic E-state index is -0.429. The molecule has 1 aromatic carbocycles. The first-order chi connectivity index (χ1) is 10.6. The molecule has 0 unspecified atom stereocenters. The molecular formula is C14H16N4O3S. The Morgan fingerprint density at radius 2 is 1.95 bits per heavy atom. The molecule has 3 amide bonds. The van der Waals surface area contributed by atoms with Crippen LogP contribution in [0.25, 0.3) is 0 Å². The average Bonchev–Trinajstić information content (AvgIpc) is 2.96. The van der Waals surface area contributed by atoms with Gasteiger partial charge in [0.25, 0.3) is 5.91 Å². The summed E-state index contributed by atoms with van der Waals surface area (Å²) in [6.45, 7) is 2.35. The second-order valence-electron chi connectivity index (χ2n) is 4.20. The normalized spacial score (nSPS) is 9.91. The molecule has 116 valence electrons. The van der Waals surface area contributed by atoms with Crippen LogP contribution >= 0.6 is 11.3 Å². The molecule has 0 fully saturated rings. The number of nitrogens with one attached hydrogen (secondary N) is 3. The Hall–Kier alpha value is -2.61. The van der Waals surface area contributed by atoms with Crippen LogP contribution in [0.2, 0.25) is 0 Å². The van der Waals surface area contributed by atoms with Crippen LogP contribution in [0.5, 0.6) is 5.75 Å². The molecule has 0 radical (unpaired) electrons. The highest BCUT2D eigenvalue weighted by atomic mass is 32.1. The molecule has 0 aliphatic heterocycles. The highest BCUT2D eigenvalue weighted by molar-refractivity contribution is 7.14. The molecule has 0 atom stereocenters. The topological polar surface area (TPSA) is 92.4 Å². The van der Waals surface area contributed by atoms with Crippen LogP contribution in [-0.2, 0) is 0 Å². The lowest BCUT2D eigenvalue weighted by Crippen LogP contribution is -2.23. The first kappa shape index (κ1) is 15.8. The zero-order chi connectivity index (χ0) is 15.9. The minimum Gasteiger partial charge on any atom is -0.497 e. The molecule has 0 aliphatic rings. The van der Waals surface area contributed by atoms with Crippen molar-refractivity contribution in [3.63, 3.8) is 0 Å². The Balaban J connectivity index is 1.92. The number of benzene rings is 1. The predicted molar refractivity (Wildman–Crippen MR) is 85.8 cm³/mol. The van der Waals surface area contributed by atoms with Crippen molar-refractivity contribution in [2.45, 2.75) is 6.92 Å². The highest BCUT2D eigenvalue weighted by Crippen LogP contribution is 2.17. The number of aromatic nitrogens is 1. The Bertz CT molecular complexity index is 654. The van der Waals surface area contributed by atoms with Gasteiger partial charge in [0.05, 0.1) is 7.11 Å². The molecule has 0 saturated heterocycles. The van der Waals surface area contributed by atoms with Gasteiger partial charge in [-0.2, -0.15) is 0 Å². The Morgan fingerprint density at radius 3 is 2.59 bits per heavy atom. The summed E-state index contributed by atoms with van der Waals surface area (Å²) < 4.78 is 5.04. The fraction of sp³-hybridized carbons (Fsp3) is 0.214. The fourth-order valence-corrected chi connectivity index (χ4v) is 2.31. The van der Waals surface area contributed by atoms with Crippen molar-refractivity contribution in [3.05, 3.63) is 35.3 Å². The van der Waals surface area contributed by atoms with Gasteiger partial charge in [-0.25, -0.2) is 9.78 Å². The van der Waals surface area contributed by atoms with E-state index in [4.69, 9.17) is 4.74 Å². The maximum absolute atomic E-state index is 11.9. The molecule has 0 saturated carbocycles. The van der Waals surface area contributed by atoms with Gasteiger partial charge in [-0.15, -0.1) is 11.3 Å². The largest absolute Gasteiger partial charge is 0.497 e. The molecule has 1 heterocycles. The van der Waals surface area contributed by atoms with Gasteiger partial charge in [0.1, 0.15) is 11.4 Å². The van der Waals surface area contributed by atoms with Crippen LogP contribution in [0, 0.1) is 0 Å². The van der Waals surface area contributed by atoms with Crippen molar-refractivity contribution in [1.29, 1.82) is 0 Å². The summed E-state index contributed by atoms with van der Waals surface area (Å²) in [6, 6.07) is 6.50. The second kappa shape index (κ2) is 7.41. The van der Waals surface area contributed by atoms with Gasteiger partial charge in [0.15, 0.2) is 5.13 Å². The Morgan fingerprint density at radius 1 is 1.23 bits per heavy atom. The molecule has 0 spiro atoms. The summed E-state index contributed by atoms with van der Waals surface area (Å²) in [5, 5.41) is 9.84. The van der Waals surface area contributed by atoms with Crippen LogP contribution in [0.1, 0.15) is 17.4 Å². The number of carbonyl (C=O) groups excluding carboxylic acids is 2. The van der Waals surface area contributed by atoms with Crippen LogP contribution in [-0.4, -0.2) is 30.6 Å². The molecule has 2 aromatic rings. The summed E-state index contributed by atoms with van der Waals surface area (Å²) in [5.74, 6) is 0.444. The van der Waals surface area contributed by atoms with E-state index in [-0.39, 0.29) is 11.6 Å². The first-order valence-electron chi connectivity index (χ1n) is 6.58. The SMILES string of the molecule is CCNC(=O)c1csc(NC(=O)Nc2ccc(OC)cc2)n1. The molecule has 2 rings (SSSR count). The number of urea groups is 1. The van der Waals surface area contributed by atoms with Gasteiger partial charge in [-0.1, -0.05) is 0 Å². The van der Waals surface area contributed by atoms with E-state index in [1.54, 1.807) is 36.8 Å². The molecule has 22 heavy (non-hydrogen) atoms. The zero-order valence-electron chi connectivity index (χ0n) is 12.2. The Labute approximate surface area is 131 Å². The number of hydrogen-bond acceptors (Lipinski definition) is 5. The van der Waals surface area contributed by atoms with E-state index in [0.29, 0.717) is 23.1 Å². The number of ether oxygens (including phenoxy) is 1.